The summed E-state index contributed by atoms with van der Waals surface area (Å²) >= 11 is 0. The summed E-state index contributed by atoms with van der Waals surface area (Å²) in [5.41, 5.74) is 1.01. The molecular weight excluding hydrogens is 333 g/mol. The van der Waals surface area contributed by atoms with Gasteiger partial charge < -0.3 is 14.2 Å². The van der Waals surface area contributed by atoms with E-state index >= 15 is 0 Å². The number of halogens is 1. The number of carbonyl (C=O) groups excluding carboxylic acids is 1. The number of nitrogens with zero attached hydrogens (tertiary/aromatic N) is 3. The third-order valence-corrected chi connectivity index (χ3v) is 4.75. The maximum Gasteiger partial charge on any atom is 0.223 e. The molecule has 2 heterocycles. The van der Waals surface area contributed by atoms with E-state index in [1.807, 2.05) is 31.0 Å². The summed E-state index contributed by atoms with van der Waals surface area (Å²) in [6, 6.07) is 10.5. The van der Waals surface area contributed by atoms with Crippen molar-refractivity contribution in [2.45, 2.75) is 19.9 Å². The zero-order chi connectivity index (χ0) is 18.5. The molecule has 1 aromatic carbocycles. The van der Waals surface area contributed by atoms with Crippen molar-refractivity contribution < 1.29 is 13.6 Å². The van der Waals surface area contributed by atoms with Crippen LogP contribution < -0.4 is 4.90 Å². The summed E-state index contributed by atoms with van der Waals surface area (Å²) < 4.78 is 18.6. The molecule has 1 aromatic heterocycles. The Morgan fingerprint density at radius 1 is 1.12 bits per heavy atom. The van der Waals surface area contributed by atoms with Crippen molar-refractivity contribution in [1.29, 1.82) is 0 Å². The van der Waals surface area contributed by atoms with E-state index in [-0.39, 0.29) is 11.7 Å². The first-order chi connectivity index (χ1) is 12.5. The minimum atomic E-state index is -0.226. The molecule has 0 unspecified atom stereocenters. The van der Waals surface area contributed by atoms with Crippen LogP contribution in [0.3, 0.4) is 0 Å². The largest absolute Gasteiger partial charge is 0.465 e. The van der Waals surface area contributed by atoms with E-state index in [1.165, 1.54) is 12.1 Å². The maximum absolute atomic E-state index is 13.0. The van der Waals surface area contributed by atoms with Crippen molar-refractivity contribution in [2.24, 2.45) is 0 Å². The first kappa shape index (κ1) is 18.5. The fourth-order valence-corrected chi connectivity index (χ4v) is 3.23. The molecular formula is C20H26FN3O2. The fraction of sp³-hybridized carbons (Fsp3) is 0.450. The van der Waals surface area contributed by atoms with Crippen molar-refractivity contribution >= 4 is 11.6 Å². The molecule has 2 aromatic rings. The number of aryl methyl sites for hydroxylation is 1. The number of rotatable bonds is 6. The van der Waals surface area contributed by atoms with Gasteiger partial charge in [0.25, 0.3) is 0 Å². The molecule has 3 rings (SSSR count). The Morgan fingerprint density at radius 3 is 2.42 bits per heavy atom. The number of hydrogen-bond acceptors (Lipinski definition) is 4. The maximum atomic E-state index is 13.0. The van der Waals surface area contributed by atoms with Crippen LogP contribution in [0.15, 0.2) is 40.8 Å². The van der Waals surface area contributed by atoms with Gasteiger partial charge in [-0.05, 0) is 50.4 Å². The van der Waals surface area contributed by atoms with Crippen LogP contribution in [0.25, 0.3) is 0 Å². The van der Waals surface area contributed by atoms with Crippen molar-refractivity contribution in [3.05, 3.63) is 53.7 Å². The highest BCUT2D eigenvalue weighted by atomic mass is 19.1. The van der Waals surface area contributed by atoms with Gasteiger partial charge in [0.2, 0.25) is 5.91 Å². The van der Waals surface area contributed by atoms with Gasteiger partial charge in [-0.25, -0.2) is 4.39 Å². The van der Waals surface area contributed by atoms with Crippen molar-refractivity contribution in [3.63, 3.8) is 0 Å². The minimum absolute atomic E-state index is 0.186. The summed E-state index contributed by atoms with van der Waals surface area (Å²) in [5, 5.41) is 0. The molecule has 1 fully saturated rings. The molecule has 5 nitrogen and oxygen atoms in total. The lowest BCUT2D eigenvalue weighted by molar-refractivity contribution is -0.131. The van der Waals surface area contributed by atoms with Gasteiger partial charge in [0.15, 0.2) is 0 Å². The smallest absolute Gasteiger partial charge is 0.223 e. The standard InChI is InChI=1S/C20H26FN3O2/c1-16-3-8-19(26-16)15-22(2)10-9-20(25)24-13-11-23(12-14-24)18-6-4-17(21)5-7-18/h3-8H,9-15H2,1-2H3. The number of amides is 1. The average molecular weight is 359 g/mol. The first-order valence-electron chi connectivity index (χ1n) is 9.03. The minimum Gasteiger partial charge on any atom is -0.465 e. The third kappa shape index (κ3) is 4.85. The van der Waals surface area contributed by atoms with Crippen LogP contribution in [0.4, 0.5) is 10.1 Å². The summed E-state index contributed by atoms with van der Waals surface area (Å²) in [5.74, 6) is 1.79. The molecule has 0 radical (unpaired) electrons. The van der Waals surface area contributed by atoms with Gasteiger partial charge in [0.1, 0.15) is 17.3 Å². The molecule has 140 valence electrons. The van der Waals surface area contributed by atoms with E-state index in [2.05, 4.69) is 9.80 Å². The molecule has 0 bridgehead atoms. The molecule has 0 N–H and O–H groups in total. The number of hydrogen-bond donors (Lipinski definition) is 0. The lowest BCUT2D eigenvalue weighted by atomic mass is 10.2. The zero-order valence-corrected chi connectivity index (χ0v) is 15.4. The molecule has 1 aliphatic rings. The third-order valence-electron chi connectivity index (χ3n) is 4.75. The average Bonchev–Trinajstić information content (AvgIpc) is 3.05. The zero-order valence-electron chi connectivity index (χ0n) is 15.4. The number of furan rings is 1. The molecule has 0 atom stereocenters. The van der Waals surface area contributed by atoms with Crippen LogP contribution in [0, 0.1) is 12.7 Å². The van der Waals surface area contributed by atoms with Crippen molar-refractivity contribution in [1.82, 2.24) is 9.80 Å². The van der Waals surface area contributed by atoms with Gasteiger partial charge in [0, 0.05) is 44.8 Å². The highest BCUT2D eigenvalue weighted by Crippen LogP contribution is 2.17. The Hall–Kier alpha value is -2.34. The number of carbonyl (C=O) groups is 1. The summed E-state index contributed by atoms with van der Waals surface area (Å²) in [4.78, 5) is 18.7. The second kappa shape index (κ2) is 8.36. The van der Waals surface area contributed by atoms with Crippen LogP contribution in [0.5, 0.6) is 0 Å². The molecule has 0 spiro atoms. The van der Waals surface area contributed by atoms with Crippen LogP contribution in [-0.2, 0) is 11.3 Å². The van der Waals surface area contributed by atoms with Gasteiger partial charge in [-0.1, -0.05) is 0 Å². The molecule has 0 aliphatic carbocycles. The van der Waals surface area contributed by atoms with E-state index in [0.29, 0.717) is 32.6 Å². The van der Waals surface area contributed by atoms with Gasteiger partial charge in [-0.3, -0.25) is 9.69 Å². The summed E-state index contributed by atoms with van der Waals surface area (Å²) in [7, 11) is 2.00. The van der Waals surface area contributed by atoms with Crippen molar-refractivity contribution in [3.8, 4) is 0 Å². The predicted octanol–water partition coefficient (Wildman–Crippen LogP) is 2.90. The Balaban J connectivity index is 1.41. The number of anilines is 1. The normalized spacial score (nSPS) is 14.9. The van der Waals surface area contributed by atoms with Crippen LogP contribution >= 0.6 is 0 Å². The quantitative estimate of drug-likeness (QED) is 0.795. The molecule has 1 aliphatic heterocycles. The highest BCUT2D eigenvalue weighted by molar-refractivity contribution is 5.76. The first-order valence-corrected chi connectivity index (χ1v) is 9.03. The monoisotopic (exact) mass is 359 g/mol. The summed E-state index contributed by atoms with van der Waals surface area (Å²) in [6.45, 7) is 6.31. The van der Waals surface area contributed by atoms with Crippen LogP contribution in [0.1, 0.15) is 17.9 Å². The second-order valence-electron chi connectivity index (χ2n) is 6.84. The van der Waals surface area contributed by atoms with E-state index in [4.69, 9.17) is 4.42 Å². The Bertz CT molecular complexity index is 721. The second-order valence-corrected chi connectivity index (χ2v) is 6.84. The van der Waals surface area contributed by atoms with E-state index < -0.39 is 0 Å². The Labute approximate surface area is 154 Å². The molecule has 0 saturated carbocycles. The van der Waals surface area contributed by atoms with Gasteiger partial charge >= 0.3 is 0 Å². The van der Waals surface area contributed by atoms with Crippen LogP contribution in [-0.4, -0.2) is 55.5 Å². The highest BCUT2D eigenvalue weighted by Gasteiger charge is 2.21. The Morgan fingerprint density at radius 2 is 1.81 bits per heavy atom. The van der Waals surface area contributed by atoms with E-state index in [0.717, 1.165) is 30.3 Å². The molecule has 26 heavy (non-hydrogen) atoms. The van der Waals surface area contributed by atoms with Crippen molar-refractivity contribution in [2.75, 3.05) is 44.7 Å². The van der Waals surface area contributed by atoms with E-state index in [1.54, 1.807) is 12.1 Å². The summed E-state index contributed by atoms with van der Waals surface area (Å²) in [6.07, 6.45) is 0.507. The molecule has 1 saturated heterocycles. The number of piperazine rings is 1. The van der Waals surface area contributed by atoms with Gasteiger partial charge in [0.05, 0.1) is 6.54 Å². The fourth-order valence-electron chi connectivity index (χ4n) is 3.23. The molecule has 1 amide bonds. The van der Waals surface area contributed by atoms with Crippen LogP contribution in [0.2, 0.25) is 0 Å². The van der Waals surface area contributed by atoms with E-state index in [9.17, 15) is 9.18 Å². The van der Waals surface area contributed by atoms with Gasteiger partial charge in [-0.15, -0.1) is 0 Å². The topological polar surface area (TPSA) is 39.9 Å². The molecule has 6 heteroatoms. The predicted molar refractivity (Wildman–Crippen MR) is 99.6 cm³/mol. The lowest BCUT2D eigenvalue weighted by Gasteiger charge is -2.36. The number of benzene rings is 1. The lowest BCUT2D eigenvalue weighted by Crippen LogP contribution is -2.49. The SMILES string of the molecule is Cc1ccc(CN(C)CCC(=O)N2CCN(c3ccc(F)cc3)CC2)o1. The Kier molecular flexibility index (Phi) is 5.93. The van der Waals surface area contributed by atoms with Gasteiger partial charge in [-0.2, -0.15) is 0 Å².